The Morgan fingerprint density at radius 1 is 1.37 bits per heavy atom. The van der Waals surface area contributed by atoms with Gasteiger partial charge in [0.05, 0.1) is 0 Å². The largest absolute Gasteiger partial charge is 0.335 e. The van der Waals surface area contributed by atoms with Crippen LogP contribution in [0.2, 0.25) is 0 Å². The Labute approximate surface area is 116 Å². The first kappa shape index (κ1) is 12.4. The van der Waals surface area contributed by atoms with Gasteiger partial charge >= 0.3 is 0 Å². The maximum Gasteiger partial charge on any atom is 0.110 e. The molecule has 0 amide bonds. The number of imidazole rings is 1. The number of aryl methyl sites for hydroxylation is 1. The number of hydrogen-bond acceptors (Lipinski definition) is 3. The molecule has 1 unspecified atom stereocenters. The molecule has 0 aliphatic rings. The van der Waals surface area contributed by atoms with E-state index in [1.54, 1.807) is 11.3 Å². The number of nitrogens with zero attached hydrogens (tertiary/aromatic N) is 2. The van der Waals surface area contributed by atoms with Crippen LogP contribution in [0.1, 0.15) is 23.7 Å². The molecular formula is C15H17N3S. The maximum atomic E-state index is 6.33. The lowest BCUT2D eigenvalue weighted by atomic mass is 10.1. The van der Waals surface area contributed by atoms with Crippen LogP contribution in [0.3, 0.4) is 0 Å². The second kappa shape index (κ2) is 5.15. The fourth-order valence-electron chi connectivity index (χ4n) is 2.30. The lowest BCUT2D eigenvalue weighted by Gasteiger charge is -2.10. The molecule has 2 N–H and O–H groups in total. The molecule has 3 nitrogen and oxygen atoms in total. The average Bonchev–Trinajstić information content (AvgIpc) is 3.03. The summed E-state index contributed by atoms with van der Waals surface area (Å²) in [7, 11) is 0. The Morgan fingerprint density at radius 2 is 2.21 bits per heavy atom. The summed E-state index contributed by atoms with van der Waals surface area (Å²) in [5.74, 6) is 1.06. The summed E-state index contributed by atoms with van der Waals surface area (Å²) in [6, 6.07) is 10.6. The van der Waals surface area contributed by atoms with Crippen molar-refractivity contribution in [1.29, 1.82) is 0 Å². The summed E-state index contributed by atoms with van der Waals surface area (Å²) in [6.45, 7) is 3.06. The molecule has 2 heterocycles. The van der Waals surface area contributed by atoms with Crippen molar-refractivity contribution < 1.29 is 0 Å². The van der Waals surface area contributed by atoms with E-state index in [1.807, 2.05) is 12.4 Å². The predicted octanol–water partition coefficient (Wildman–Crippen LogP) is 3.36. The van der Waals surface area contributed by atoms with E-state index < -0.39 is 0 Å². The van der Waals surface area contributed by atoms with E-state index in [0.717, 1.165) is 18.8 Å². The molecule has 2 aromatic heterocycles. The molecule has 3 rings (SSSR count). The predicted molar refractivity (Wildman–Crippen MR) is 80.4 cm³/mol. The summed E-state index contributed by atoms with van der Waals surface area (Å²) in [4.78, 5) is 5.62. The molecule has 19 heavy (non-hydrogen) atoms. The molecule has 0 saturated heterocycles. The molecule has 0 aliphatic heterocycles. The van der Waals surface area contributed by atoms with Crippen LogP contribution in [-0.2, 0) is 13.0 Å². The van der Waals surface area contributed by atoms with Gasteiger partial charge < -0.3 is 10.3 Å². The van der Waals surface area contributed by atoms with Crippen molar-refractivity contribution in [3.63, 3.8) is 0 Å². The number of fused-ring (bicyclic) bond motifs is 1. The molecule has 3 aromatic rings. The molecule has 0 fully saturated rings. The van der Waals surface area contributed by atoms with Crippen LogP contribution in [0.4, 0.5) is 0 Å². The van der Waals surface area contributed by atoms with Crippen molar-refractivity contribution in [3.8, 4) is 0 Å². The molecule has 1 atom stereocenters. The fourth-order valence-corrected chi connectivity index (χ4v) is 3.37. The van der Waals surface area contributed by atoms with E-state index in [4.69, 9.17) is 5.73 Å². The summed E-state index contributed by atoms with van der Waals surface area (Å²) in [6.07, 6.45) is 4.64. The highest BCUT2D eigenvalue weighted by atomic mass is 32.1. The monoisotopic (exact) mass is 271 g/mol. The second-order valence-corrected chi connectivity index (χ2v) is 5.74. The van der Waals surface area contributed by atoms with E-state index in [9.17, 15) is 0 Å². The highest BCUT2D eigenvalue weighted by Crippen LogP contribution is 2.30. The van der Waals surface area contributed by atoms with Gasteiger partial charge in [-0.15, -0.1) is 11.3 Å². The number of hydrogen-bond donors (Lipinski definition) is 1. The minimum Gasteiger partial charge on any atom is -0.335 e. The van der Waals surface area contributed by atoms with E-state index in [1.165, 1.54) is 15.0 Å². The first-order valence-corrected chi connectivity index (χ1v) is 7.33. The molecule has 1 aromatic carbocycles. The van der Waals surface area contributed by atoms with Crippen LogP contribution in [0, 0.1) is 0 Å². The zero-order valence-corrected chi connectivity index (χ0v) is 11.7. The van der Waals surface area contributed by atoms with E-state index >= 15 is 0 Å². The van der Waals surface area contributed by atoms with Crippen LogP contribution < -0.4 is 5.73 Å². The molecule has 4 heteroatoms. The van der Waals surface area contributed by atoms with Crippen molar-refractivity contribution in [3.05, 3.63) is 53.4 Å². The third kappa shape index (κ3) is 2.41. The number of nitrogens with two attached hydrogens (primary N) is 1. The first-order valence-electron chi connectivity index (χ1n) is 6.52. The van der Waals surface area contributed by atoms with Crippen LogP contribution in [-0.4, -0.2) is 9.55 Å². The smallest absolute Gasteiger partial charge is 0.110 e. The normalized spacial score (nSPS) is 12.9. The standard InChI is InChI=1S/C15H17N3S/c1-2-18-8-7-17-15(18)10-12(16)14-9-11-5-3-4-6-13(11)19-14/h3-9,12H,2,10,16H2,1H3. The lowest BCUT2D eigenvalue weighted by Crippen LogP contribution is -2.15. The maximum absolute atomic E-state index is 6.33. The van der Waals surface area contributed by atoms with Crippen molar-refractivity contribution in [1.82, 2.24) is 9.55 Å². The van der Waals surface area contributed by atoms with Crippen molar-refractivity contribution in [2.24, 2.45) is 5.73 Å². The Morgan fingerprint density at radius 3 is 3.00 bits per heavy atom. The summed E-state index contributed by atoms with van der Waals surface area (Å²) >= 11 is 1.78. The Hall–Kier alpha value is -1.65. The van der Waals surface area contributed by atoms with Gasteiger partial charge in [-0.2, -0.15) is 0 Å². The Balaban J connectivity index is 1.85. The number of aromatic nitrogens is 2. The second-order valence-electron chi connectivity index (χ2n) is 4.63. The van der Waals surface area contributed by atoms with Crippen molar-refractivity contribution in [2.45, 2.75) is 25.9 Å². The van der Waals surface area contributed by atoms with E-state index in [-0.39, 0.29) is 6.04 Å². The SMILES string of the molecule is CCn1ccnc1CC(N)c1cc2ccccc2s1. The van der Waals surface area contributed by atoms with Crippen LogP contribution in [0.5, 0.6) is 0 Å². The topological polar surface area (TPSA) is 43.8 Å². The lowest BCUT2D eigenvalue weighted by molar-refractivity contribution is 0.634. The highest BCUT2D eigenvalue weighted by Gasteiger charge is 2.13. The first-order chi connectivity index (χ1) is 9.28. The van der Waals surface area contributed by atoms with Gasteiger partial charge in [0, 0.05) is 41.0 Å². The zero-order valence-electron chi connectivity index (χ0n) is 10.9. The van der Waals surface area contributed by atoms with Gasteiger partial charge in [0.1, 0.15) is 5.82 Å². The van der Waals surface area contributed by atoms with Crippen LogP contribution in [0.25, 0.3) is 10.1 Å². The molecule has 0 radical (unpaired) electrons. The molecule has 0 spiro atoms. The van der Waals surface area contributed by atoms with Gasteiger partial charge in [0.25, 0.3) is 0 Å². The van der Waals surface area contributed by atoms with Crippen LogP contribution in [0.15, 0.2) is 42.7 Å². The number of rotatable bonds is 4. The van der Waals surface area contributed by atoms with Gasteiger partial charge in [0.2, 0.25) is 0 Å². The molecule has 0 saturated carbocycles. The van der Waals surface area contributed by atoms with Gasteiger partial charge in [-0.25, -0.2) is 4.98 Å². The zero-order chi connectivity index (χ0) is 13.2. The molecule has 98 valence electrons. The van der Waals surface area contributed by atoms with Crippen molar-refractivity contribution >= 4 is 21.4 Å². The third-order valence-electron chi connectivity index (χ3n) is 3.35. The van der Waals surface area contributed by atoms with E-state index in [2.05, 4.69) is 46.8 Å². The Kier molecular flexibility index (Phi) is 3.36. The van der Waals surface area contributed by atoms with Gasteiger partial charge in [0.15, 0.2) is 0 Å². The fraction of sp³-hybridized carbons (Fsp3) is 0.267. The molecular weight excluding hydrogens is 254 g/mol. The van der Waals surface area contributed by atoms with Crippen LogP contribution >= 0.6 is 11.3 Å². The van der Waals surface area contributed by atoms with E-state index in [0.29, 0.717) is 0 Å². The van der Waals surface area contributed by atoms with Gasteiger partial charge in [-0.3, -0.25) is 0 Å². The molecule has 0 aliphatic carbocycles. The quantitative estimate of drug-likeness (QED) is 0.790. The Bertz CT molecular complexity index is 650. The van der Waals surface area contributed by atoms with Gasteiger partial charge in [-0.05, 0) is 24.4 Å². The average molecular weight is 271 g/mol. The molecule has 0 bridgehead atoms. The van der Waals surface area contributed by atoms with Crippen molar-refractivity contribution in [2.75, 3.05) is 0 Å². The number of thiophene rings is 1. The third-order valence-corrected chi connectivity index (χ3v) is 4.60. The summed E-state index contributed by atoms with van der Waals surface area (Å²) in [5.41, 5.74) is 6.33. The minimum absolute atomic E-state index is 0.0186. The highest BCUT2D eigenvalue weighted by molar-refractivity contribution is 7.19. The summed E-state index contributed by atoms with van der Waals surface area (Å²) < 4.78 is 3.44. The minimum atomic E-state index is 0.0186. The van der Waals surface area contributed by atoms with Gasteiger partial charge in [-0.1, -0.05) is 18.2 Å². The summed E-state index contributed by atoms with van der Waals surface area (Å²) in [5, 5.41) is 1.27. The number of benzene rings is 1.